The average Bonchev–Trinajstić information content (AvgIpc) is 2.90. The average molecular weight is 509 g/mol. The van der Waals surface area contributed by atoms with Crippen LogP contribution in [0.15, 0.2) is 48.6 Å². The normalized spacial score (nSPS) is 27.9. The van der Waals surface area contributed by atoms with E-state index in [4.69, 9.17) is 14.0 Å². The van der Waals surface area contributed by atoms with Crippen molar-refractivity contribution in [1.29, 1.82) is 0 Å². The molecule has 0 aromatic heterocycles. The number of hydrogen-bond donors (Lipinski definition) is 1. The zero-order valence-electron chi connectivity index (χ0n) is 21.7. The van der Waals surface area contributed by atoms with Crippen molar-refractivity contribution in [2.45, 2.75) is 77.0 Å². The summed E-state index contributed by atoms with van der Waals surface area (Å²) >= 11 is 0. The van der Waals surface area contributed by atoms with Crippen molar-refractivity contribution in [3.63, 3.8) is 0 Å². The molecule has 0 fully saturated rings. The fourth-order valence-corrected chi connectivity index (χ4v) is 5.11. The van der Waals surface area contributed by atoms with E-state index >= 15 is 0 Å². The highest BCUT2D eigenvalue weighted by Gasteiger charge is 2.14. The Balaban J connectivity index is 0.000000194. The first-order valence-corrected chi connectivity index (χ1v) is 15.4. The Bertz CT molecular complexity index is 744. The third-order valence-electron chi connectivity index (χ3n) is 6.99. The fourth-order valence-electron chi connectivity index (χ4n) is 4.67. The maximum atomic E-state index is 10.6. The summed E-state index contributed by atoms with van der Waals surface area (Å²) in [6, 6.07) is 0. The van der Waals surface area contributed by atoms with Gasteiger partial charge in [0.05, 0.1) is 12.9 Å². The van der Waals surface area contributed by atoms with Gasteiger partial charge < -0.3 is 9.84 Å². The fraction of sp³-hybridized carbons (Fsp3) is 0.724. The van der Waals surface area contributed by atoms with Crippen LogP contribution < -0.4 is 0 Å². The third kappa shape index (κ3) is 15.5. The molecule has 0 heterocycles. The van der Waals surface area contributed by atoms with E-state index < -0.39 is 10.1 Å². The standard InChI is InChI=1S/C14H22O.C8H14O3S.C7H12O/c1-3-7-13(8-4-1)11-15-12-14-9-5-2-6-10-14;1-12(9,10)11-7-8-5-3-2-4-6-8;8-6-7-4-2-1-3-5-7/h1-3,5,13-14H,4,6-12H2;2-3,8H,4-7H2,1H3;1-2,7-8H,3-6H2. The van der Waals surface area contributed by atoms with Crippen LogP contribution >= 0.6 is 0 Å². The van der Waals surface area contributed by atoms with Gasteiger partial charge in [0.25, 0.3) is 10.1 Å². The number of aliphatic hydroxyl groups is 1. The van der Waals surface area contributed by atoms with Crippen LogP contribution in [0.4, 0.5) is 0 Å². The number of ether oxygens (including phenoxy) is 1. The lowest BCUT2D eigenvalue weighted by Gasteiger charge is -2.21. The van der Waals surface area contributed by atoms with Crippen LogP contribution in [0.3, 0.4) is 0 Å². The molecule has 4 aliphatic carbocycles. The molecule has 6 heteroatoms. The Morgan fingerprint density at radius 3 is 1.29 bits per heavy atom. The molecule has 0 spiro atoms. The Kier molecular flexibility index (Phi) is 15.5. The first kappa shape index (κ1) is 30.0. The van der Waals surface area contributed by atoms with E-state index in [0.29, 0.717) is 25.0 Å². The van der Waals surface area contributed by atoms with Gasteiger partial charge in [0.1, 0.15) is 0 Å². The SMILES string of the molecule is C1=CCC(COCC2CC=CCC2)CC1.CS(=O)(=O)OCC1CC=CCC1.OCC1CC=CCC1. The van der Waals surface area contributed by atoms with Crippen molar-refractivity contribution >= 4 is 10.1 Å². The minimum atomic E-state index is -3.25. The van der Waals surface area contributed by atoms with E-state index in [1.165, 1.54) is 44.9 Å². The van der Waals surface area contributed by atoms with Gasteiger partial charge in [-0.05, 0) is 101 Å². The van der Waals surface area contributed by atoms with Gasteiger partial charge in [0.15, 0.2) is 0 Å². The molecule has 200 valence electrons. The maximum Gasteiger partial charge on any atom is 0.264 e. The second kappa shape index (κ2) is 18.1. The van der Waals surface area contributed by atoms with Crippen LogP contribution in [0.2, 0.25) is 0 Å². The molecule has 4 atom stereocenters. The van der Waals surface area contributed by atoms with E-state index in [0.717, 1.165) is 63.4 Å². The molecular weight excluding hydrogens is 460 g/mol. The zero-order valence-corrected chi connectivity index (χ0v) is 22.5. The molecule has 4 unspecified atom stereocenters. The molecule has 5 nitrogen and oxygen atoms in total. The van der Waals surface area contributed by atoms with Crippen molar-refractivity contribution in [1.82, 2.24) is 0 Å². The molecule has 35 heavy (non-hydrogen) atoms. The van der Waals surface area contributed by atoms with Crippen LogP contribution in [0.5, 0.6) is 0 Å². The number of rotatable bonds is 8. The summed E-state index contributed by atoms with van der Waals surface area (Å²) in [6.07, 6.45) is 32.9. The lowest BCUT2D eigenvalue weighted by molar-refractivity contribution is 0.0661. The van der Waals surface area contributed by atoms with Crippen molar-refractivity contribution in [2.24, 2.45) is 23.7 Å². The Hall–Kier alpha value is -1.21. The summed E-state index contributed by atoms with van der Waals surface area (Å²) in [6.45, 7) is 2.66. The highest BCUT2D eigenvalue weighted by molar-refractivity contribution is 7.85. The molecular formula is C29H48O5S. The maximum absolute atomic E-state index is 10.6. The van der Waals surface area contributed by atoms with E-state index in [1.54, 1.807) is 0 Å². The van der Waals surface area contributed by atoms with Crippen molar-refractivity contribution < 1.29 is 22.4 Å². The second-order valence-corrected chi connectivity index (χ2v) is 12.0. The second-order valence-electron chi connectivity index (χ2n) is 10.3. The minimum absolute atomic E-state index is 0.336. The largest absolute Gasteiger partial charge is 0.396 e. The number of aliphatic hydroxyl groups excluding tert-OH is 1. The van der Waals surface area contributed by atoms with E-state index in [2.05, 4.69) is 48.6 Å². The third-order valence-corrected chi connectivity index (χ3v) is 7.56. The molecule has 0 amide bonds. The van der Waals surface area contributed by atoms with Gasteiger partial charge in [-0.25, -0.2) is 0 Å². The summed E-state index contributed by atoms with van der Waals surface area (Å²) in [5, 5.41) is 8.66. The van der Waals surface area contributed by atoms with Gasteiger partial charge in [0.2, 0.25) is 0 Å². The first-order chi connectivity index (χ1) is 17.0. The molecule has 0 radical (unpaired) electrons. The van der Waals surface area contributed by atoms with Crippen LogP contribution in [0, 0.1) is 23.7 Å². The molecule has 4 aliphatic rings. The first-order valence-electron chi connectivity index (χ1n) is 13.6. The summed E-state index contributed by atoms with van der Waals surface area (Å²) < 4.78 is 31.8. The monoisotopic (exact) mass is 508 g/mol. The van der Waals surface area contributed by atoms with E-state index in [-0.39, 0.29) is 0 Å². The van der Waals surface area contributed by atoms with Gasteiger partial charge >= 0.3 is 0 Å². The Labute approximate surface area is 214 Å². The van der Waals surface area contributed by atoms with Gasteiger partial charge in [0, 0.05) is 19.8 Å². The molecule has 0 aliphatic heterocycles. The van der Waals surface area contributed by atoms with E-state index in [9.17, 15) is 8.42 Å². The smallest absolute Gasteiger partial charge is 0.264 e. The number of allylic oxidation sites excluding steroid dienone is 8. The molecule has 0 aromatic carbocycles. The van der Waals surface area contributed by atoms with Crippen molar-refractivity contribution in [3.05, 3.63) is 48.6 Å². The molecule has 0 aromatic rings. The van der Waals surface area contributed by atoms with Crippen molar-refractivity contribution in [3.8, 4) is 0 Å². The topological polar surface area (TPSA) is 72.8 Å². The van der Waals surface area contributed by atoms with Crippen LogP contribution in [0.25, 0.3) is 0 Å². The van der Waals surface area contributed by atoms with Gasteiger partial charge in [-0.2, -0.15) is 8.42 Å². The van der Waals surface area contributed by atoms with Crippen LogP contribution in [0.1, 0.15) is 77.0 Å². The summed E-state index contributed by atoms with van der Waals surface area (Å²) in [5.41, 5.74) is 0. The molecule has 4 rings (SSSR count). The molecule has 0 saturated carbocycles. The van der Waals surface area contributed by atoms with Gasteiger partial charge in [-0.15, -0.1) is 0 Å². The quantitative estimate of drug-likeness (QED) is 0.305. The molecule has 0 bridgehead atoms. The zero-order chi connectivity index (χ0) is 25.2. The van der Waals surface area contributed by atoms with Gasteiger partial charge in [-0.1, -0.05) is 48.6 Å². The number of hydrogen-bond acceptors (Lipinski definition) is 5. The van der Waals surface area contributed by atoms with Crippen LogP contribution in [-0.4, -0.2) is 46.2 Å². The van der Waals surface area contributed by atoms with E-state index in [1.807, 2.05) is 0 Å². The van der Waals surface area contributed by atoms with Gasteiger partial charge in [-0.3, -0.25) is 4.18 Å². The Morgan fingerprint density at radius 1 is 0.629 bits per heavy atom. The summed E-state index contributed by atoms with van der Waals surface area (Å²) in [4.78, 5) is 0. The molecule has 1 N–H and O–H groups in total. The van der Waals surface area contributed by atoms with Crippen molar-refractivity contribution in [2.75, 3.05) is 32.7 Å². The predicted molar refractivity (Wildman–Crippen MR) is 145 cm³/mol. The summed E-state index contributed by atoms with van der Waals surface area (Å²) in [5.74, 6) is 2.51. The predicted octanol–water partition coefficient (Wildman–Crippen LogP) is 6.37. The highest BCUT2D eigenvalue weighted by Crippen LogP contribution is 2.22. The Morgan fingerprint density at radius 2 is 1.00 bits per heavy atom. The molecule has 0 saturated heterocycles. The summed E-state index contributed by atoms with van der Waals surface area (Å²) in [7, 11) is -3.25. The highest BCUT2D eigenvalue weighted by atomic mass is 32.2. The lowest BCUT2D eigenvalue weighted by Crippen LogP contribution is -2.16. The lowest BCUT2D eigenvalue weighted by atomic mass is 9.94. The minimum Gasteiger partial charge on any atom is -0.396 e. The van der Waals surface area contributed by atoms with Crippen LogP contribution in [-0.2, 0) is 19.0 Å².